The van der Waals surface area contributed by atoms with Gasteiger partial charge < -0.3 is 14.4 Å². The Labute approximate surface area is 93.7 Å². The first-order chi connectivity index (χ1) is 6.67. The van der Waals surface area contributed by atoms with Gasteiger partial charge in [-0.25, -0.2) is 0 Å². The average Bonchev–Trinajstić information content (AvgIpc) is 2.18. The molecule has 84 valence electrons. The highest BCUT2D eigenvalue weighted by atomic mass is 79.9. The lowest BCUT2D eigenvalue weighted by molar-refractivity contribution is -0.132. The van der Waals surface area contributed by atoms with E-state index in [4.69, 9.17) is 9.47 Å². The third-order valence-corrected chi connectivity index (χ3v) is 2.39. The fourth-order valence-corrected chi connectivity index (χ4v) is 1.51. The second-order valence-electron chi connectivity index (χ2n) is 3.02. The number of ether oxygens (including phenoxy) is 2. The van der Waals surface area contributed by atoms with Crippen LogP contribution in [0.15, 0.2) is 0 Å². The van der Waals surface area contributed by atoms with Crippen molar-refractivity contribution in [3.63, 3.8) is 0 Å². The van der Waals surface area contributed by atoms with Gasteiger partial charge in [0.1, 0.15) is 0 Å². The number of rotatable bonds is 7. The van der Waals surface area contributed by atoms with Crippen molar-refractivity contribution >= 4 is 21.8 Å². The average molecular weight is 268 g/mol. The van der Waals surface area contributed by atoms with Crippen molar-refractivity contribution in [2.75, 3.05) is 39.3 Å². The number of halogens is 1. The number of alkyl halides is 1. The largest absolute Gasteiger partial charge is 0.383 e. The van der Waals surface area contributed by atoms with Crippen molar-refractivity contribution in [3.05, 3.63) is 0 Å². The van der Waals surface area contributed by atoms with Gasteiger partial charge in [0, 0.05) is 20.8 Å². The van der Waals surface area contributed by atoms with E-state index in [1.807, 2.05) is 6.92 Å². The van der Waals surface area contributed by atoms with Gasteiger partial charge in [0.25, 0.3) is 0 Å². The van der Waals surface area contributed by atoms with Crippen molar-refractivity contribution in [1.29, 1.82) is 0 Å². The molecule has 0 aromatic rings. The summed E-state index contributed by atoms with van der Waals surface area (Å²) in [6.07, 6.45) is 0. The lowest BCUT2D eigenvalue weighted by atomic mass is 10.3. The van der Waals surface area contributed by atoms with E-state index in [2.05, 4.69) is 15.9 Å². The third kappa shape index (κ3) is 4.93. The molecular formula is C9H18BrNO3. The van der Waals surface area contributed by atoms with Gasteiger partial charge in [0.05, 0.1) is 24.6 Å². The SMILES string of the molecule is COCCN(C(=O)CBr)C(C)COC. The van der Waals surface area contributed by atoms with Crippen LogP contribution in [0.1, 0.15) is 6.92 Å². The standard InChI is InChI=1S/C9H18BrNO3/c1-8(7-14-3)11(4-5-13-2)9(12)6-10/h8H,4-7H2,1-3H3. The smallest absolute Gasteiger partial charge is 0.233 e. The van der Waals surface area contributed by atoms with E-state index in [-0.39, 0.29) is 11.9 Å². The van der Waals surface area contributed by atoms with Crippen LogP contribution in [0.4, 0.5) is 0 Å². The highest BCUT2D eigenvalue weighted by Crippen LogP contribution is 2.02. The van der Waals surface area contributed by atoms with Crippen molar-refractivity contribution in [1.82, 2.24) is 4.90 Å². The van der Waals surface area contributed by atoms with Crippen LogP contribution in [0.5, 0.6) is 0 Å². The summed E-state index contributed by atoms with van der Waals surface area (Å²) in [5, 5.41) is 0.338. The summed E-state index contributed by atoms with van der Waals surface area (Å²) in [5.74, 6) is 0.0617. The maximum Gasteiger partial charge on any atom is 0.233 e. The molecule has 0 aliphatic carbocycles. The minimum atomic E-state index is 0.0617. The molecule has 14 heavy (non-hydrogen) atoms. The van der Waals surface area contributed by atoms with E-state index in [0.29, 0.717) is 25.1 Å². The molecule has 0 N–H and O–H groups in total. The fourth-order valence-electron chi connectivity index (χ4n) is 1.19. The van der Waals surface area contributed by atoms with Crippen LogP contribution in [0.25, 0.3) is 0 Å². The Morgan fingerprint density at radius 1 is 1.43 bits per heavy atom. The molecule has 0 aromatic carbocycles. The minimum Gasteiger partial charge on any atom is -0.383 e. The Kier molecular flexibility index (Phi) is 8.12. The van der Waals surface area contributed by atoms with Crippen molar-refractivity contribution in [3.8, 4) is 0 Å². The molecule has 0 saturated carbocycles. The highest BCUT2D eigenvalue weighted by molar-refractivity contribution is 9.09. The van der Waals surface area contributed by atoms with Gasteiger partial charge in [-0.15, -0.1) is 0 Å². The summed E-state index contributed by atoms with van der Waals surface area (Å²) >= 11 is 3.15. The van der Waals surface area contributed by atoms with E-state index in [1.165, 1.54) is 0 Å². The maximum atomic E-state index is 11.5. The fraction of sp³-hybridized carbons (Fsp3) is 0.889. The Hall–Kier alpha value is -0.130. The molecule has 0 aliphatic rings. The van der Waals surface area contributed by atoms with E-state index in [1.54, 1.807) is 19.1 Å². The second kappa shape index (κ2) is 8.20. The van der Waals surface area contributed by atoms with Gasteiger partial charge in [0.2, 0.25) is 5.91 Å². The van der Waals surface area contributed by atoms with Crippen molar-refractivity contribution < 1.29 is 14.3 Å². The molecular weight excluding hydrogens is 250 g/mol. The number of hydrogen-bond acceptors (Lipinski definition) is 3. The third-order valence-electron chi connectivity index (χ3n) is 1.91. The van der Waals surface area contributed by atoms with Gasteiger partial charge in [-0.1, -0.05) is 15.9 Å². The first-order valence-electron chi connectivity index (χ1n) is 4.50. The van der Waals surface area contributed by atoms with Crippen molar-refractivity contribution in [2.24, 2.45) is 0 Å². The van der Waals surface area contributed by atoms with E-state index < -0.39 is 0 Å². The molecule has 0 aromatic heterocycles. The van der Waals surface area contributed by atoms with E-state index in [0.717, 1.165) is 0 Å². The number of carbonyl (C=O) groups is 1. The molecule has 1 unspecified atom stereocenters. The summed E-state index contributed by atoms with van der Waals surface area (Å²) in [6, 6.07) is 0.0835. The molecule has 1 amide bonds. The number of nitrogens with zero attached hydrogens (tertiary/aromatic N) is 1. The van der Waals surface area contributed by atoms with Crippen molar-refractivity contribution in [2.45, 2.75) is 13.0 Å². The monoisotopic (exact) mass is 267 g/mol. The normalized spacial score (nSPS) is 12.6. The van der Waals surface area contributed by atoms with Crippen LogP contribution < -0.4 is 0 Å². The molecule has 0 saturated heterocycles. The van der Waals surface area contributed by atoms with Gasteiger partial charge in [-0.2, -0.15) is 0 Å². The van der Waals surface area contributed by atoms with E-state index in [9.17, 15) is 4.79 Å². The first kappa shape index (κ1) is 13.9. The van der Waals surface area contributed by atoms with Gasteiger partial charge in [0.15, 0.2) is 0 Å². The lowest BCUT2D eigenvalue weighted by Crippen LogP contribution is -2.43. The first-order valence-corrected chi connectivity index (χ1v) is 5.62. The topological polar surface area (TPSA) is 38.8 Å². The molecule has 0 spiro atoms. The zero-order chi connectivity index (χ0) is 11.0. The molecule has 0 fully saturated rings. The summed E-state index contributed by atoms with van der Waals surface area (Å²) in [4.78, 5) is 13.3. The van der Waals surface area contributed by atoms with Gasteiger partial charge in [-0.05, 0) is 6.92 Å². The molecule has 0 aliphatic heterocycles. The Bertz CT molecular complexity index is 166. The van der Waals surface area contributed by atoms with Crippen LogP contribution in [0, 0.1) is 0 Å². The zero-order valence-corrected chi connectivity index (χ0v) is 10.5. The van der Waals surface area contributed by atoms with Gasteiger partial charge in [-0.3, -0.25) is 4.79 Å². The molecule has 4 nitrogen and oxygen atoms in total. The maximum absolute atomic E-state index is 11.5. The van der Waals surface area contributed by atoms with Gasteiger partial charge >= 0.3 is 0 Å². The van der Waals surface area contributed by atoms with Crippen LogP contribution in [-0.4, -0.2) is 56.2 Å². The Morgan fingerprint density at radius 3 is 2.50 bits per heavy atom. The van der Waals surface area contributed by atoms with Crippen LogP contribution in [0.3, 0.4) is 0 Å². The molecule has 5 heteroatoms. The summed E-state index contributed by atoms with van der Waals surface area (Å²) in [7, 11) is 3.25. The van der Waals surface area contributed by atoms with Crippen LogP contribution >= 0.6 is 15.9 Å². The Balaban J connectivity index is 4.14. The minimum absolute atomic E-state index is 0.0617. The van der Waals surface area contributed by atoms with Crippen LogP contribution in [-0.2, 0) is 14.3 Å². The summed E-state index contributed by atoms with van der Waals surface area (Å²) < 4.78 is 9.95. The number of carbonyl (C=O) groups excluding carboxylic acids is 1. The second-order valence-corrected chi connectivity index (χ2v) is 3.58. The van der Waals surface area contributed by atoms with Crippen LogP contribution in [0.2, 0.25) is 0 Å². The zero-order valence-electron chi connectivity index (χ0n) is 8.96. The van der Waals surface area contributed by atoms with E-state index >= 15 is 0 Å². The Morgan fingerprint density at radius 2 is 2.07 bits per heavy atom. The molecule has 0 radical (unpaired) electrons. The number of methoxy groups -OCH3 is 2. The number of hydrogen-bond donors (Lipinski definition) is 0. The molecule has 0 rings (SSSR count). The lowest BCUT2D eigenvalue weighted by Gasteiger charge is -2.28. The number of amides is 1. The summed E-state index contributed by atoms with van der Waals surface area (Å²) in [5.41, 5.74) is 0. The molecule has 1 atom stereocenters. The molecule has 0 heterocycles. The quantitative estimate of drug-likeness (QED) is 0.644. The predicted octanol–water partition coefficient (Wildman–Crippen LogP) is 0.891. The predicted molar refractivity (Wildman–Crippen MR) is 58.7 cm³/mol. The summed E-state index contributed by atoms with van der Waals surface area (Å²) in [6.45, 7) is 3.65. The molecule has 0 bridgehead atoms. The highest BCUT2D eigenvalue weighted by Gasteiger charge is 2.18.